The van der Waals surface area contributed by atoms with Crippen molar-refractivity contribution in [3.8, 4) is 0 Å². The maximum absolute atomic E-state index is 14.3. The van der Waals surface area contributed by atoms with Crippen LogP contribution in [0.1, 0.15) is 114 Å². The fourth-order valence-corrected chi connectivity index (χ4v) is 9.66. The van der Waals surface area contributed by atoms with Crippen molar-refractivity contribution in [2.75, 3.05) is 36.8 Å². The third-order valence-electron chi connectivity index (χ3n) is 13.0. The van der Waals surface area contributed by atoms with Gasteiger partial charge in [0.15, 0.2) is 0 Å². The van der Waals surface area contributed by atoms with Gasteiger partial charge in [0.05, 0.1) is 0 Å². The number of rotatable bonds is 17. The van der Waals surface area contributed by atoms with Crippen molar-refractivity contribution in [2.45, 2.75) is 136 Å². The molecule has 3 atom stereocenters. The Kier molecular flexibility index (Phi) is 17.1. The van der Waals surface area contributed by atoms with Gasteiger partial charge in [-0.15, -0.1) is 0 Å². The van der Waals surface area contributed by atoms with E-state index in [-0.39, 0.29) is 29.2 Å². The lowest BCUT2D eigenvalue weighted by Crippen LogP contribution is -2.50. The van der Waals surface area contributed by atoms with Crippen LogP contribution in [0.3, 0.4) is 0 Å². The number of likely N-dealkylation sites (tertiary alicyclic amines) is 2. The summed E-state index contributed by atoms with van der Waals surface area (Å²) >= 11 is 6.16. The number of amides is 4. The van der Waals surface area contributed by atoms with Gasteiger partial charge in [0, 0.05) is 79.8 Å². The monoisotopic (exact) mass is 851 g/mol. The minimum atomic E-state index is -0.482. The largest absolute Gasteiger partial charge is 0.322 e. The van der Waals surface area contributed by atoms with Gasteiger partial charge in [-0.25, -0.2) is 14.0 Å². The van der Waals surface area contributed by atoms with E-state index in [9.17, 15) is 14.0 Å². The van der Waals surface area contributed by atoms with E-state index in [1.54, 1.807) is 6.07 Å². The molecule has 3 unspecified atom stereocenters. The lowest BCUT2D eigenvalue weighted by atomic mass is 9.91. The van der Waals surface area contributed by atoms with Crippen molar-refractivity contribution >= 4 is 35.0 Å². The summed E-state index contributed by atoms with van der Waals surface area (Å²) in [6.07, 6.45) is 9.05. The zero-order valence-electron chi connectivity index (χ0n) is 37.1. The van der Waals surface area contributed by atoms with E-state index < -0.39 is 5.82 Å². The second-order valence-corrected chi connectivity index (χ2v) is 18.0. The van der Waals surface area contributed by atoms with Crippen LogP contribution in [0.25, 0.3) is 0 Å². The Morgan fingerprint density at radius 1 is 0.672 bits per heavy atom. The first-order valence-corrected chi connectivity index (χ1v) is 23.2. The molecule has 2 saturated heterocycles. The molecule has 0 bridgehead atoms. The van der Waals surface area contributed by atoms with Gasteiger partial charge in [-0.2, -0.15) is 0 Å². The normalized spacial score (nSPS) is 17.0. The van der Waals surface area contributed by atoms with Crippen molar-refractivity contribution in [1.29, 1.82) is 0 Å². The number of carbonyl (C=O) groups excluding carboxylic acids is 2. The lowest BCUT2D eigenvalue weighted by Gasteiger charge is -2.41. The predicted molar refractivity (Wildman–Crippen MR) is 250 cm³/mol. The van der Waals surface area contributed by atoms with Gasteiger partial charge in [-0.1, -0.05) is 112 Å². The first-order chi connectivity index (χ1) is 29.5. The number of nitrogens with one attached hydrogen (secondary N) is 2. The van der Waals surface area contributed by atoms with Crippen LogP contribution >= 0.6 is 11.6 Å². The van der Waals surface area contributed by atoms with Crippen molar-refractivity contribution in [3.05, 3.63) is 130 Å². The highest BCUT2D eigenvalue weighted by molar-refractivity contribution is 6.30. The zero-order chi connectivity index (χ0) is 43.3. The molecule has 2 heterocycles. The maximum atomic E-state index is 14.3. The van der Waals surface area contributed by atoms with Crippen LogP contribution in [0.15, 0.2) is 97.1 Å². The minimum Gasteiger partial charge on any atom is -0.317 e. The van der Waals surface area contributed by atoms with Crippen LogP contribution in [0.2, 0.25) is 5.02 Å². The van der Waals surface area contributed by atoms with Gasteiger partial charge in [-0.3, -0.25) is 0 Å². The first-order valence-electron chi connectivity index (χ1n) is 22.8. The van der Waals surface area contributed by atoms with Gasteiger partial charge >= 0.3 is 12.1 Å². The van der Waals surface area contributed by atoms with E-state index in [4.69, 9.17) is 11.6 Å². The molecule has 0 spiro atoms. The molecular formula is C51H68ClFN6O2. The van der Waals surface area contributed by atoms with Crippen molar-refractivity contribution in [1.82, 2.24) is 19.6 Å². The molecule has 4 aromatic carbocycles. The standard InChI is InChI=1S/C51H68ClFN6O2/c1-6-12-38(4)56-26-22-49(23-27-56)59(51(61)55-47-33-44(52)32-45(53)34-47)36-42-16-11-17-43(31-42)37(3)30-39(5)57-28-24-48(25-29-57)58(35-41-14-9-8-10-15-41)50(60)54-46-20-18-40(13-7-2)19-21-46/h8-11,14-21,31-34,37-39,48-49H,6-7,12-13,22-30,35-36H2,1-5H3,(H,54,60)(H,55,61). The Labute approximate surface area is 369 Å². The zero-order valence-corrected chi connectivity index (χ0v) is 37.8. The number of aryl methyl sites for hydroxylation is 1. The van der Waals surface area contributed by atoms with Crippen LogP contribution in [0, 0.1) is 5.82 Å². The molecule has 328 valence electrons. The summed E-state index contributed by atoms with van der Waals surface area (Å²) < 4.78 is 14.3. The SMILES string of the molecule is CCCc1ccc(NC(=O)N(Cc2ccccc2)C2CCN(C(C)CC(C)c3cccc(CN(C(=O)Nc4cc(F)cc(Cl)c4)C4CCN(C(C)CCC)CC4)c3)CC2)cc1. The molecule has 0 aliphatic carbocycles. The molecule has 2 aliphatic heterocycles. The second kappa shape index (κ2) is 22.6. The first kappa shape index (κ1) is 46.1. The Morgan fingerprint density at radius 2 is 1.25 bits per heavy atom. The molecule has 2 N–H and O–H groups in total. The number of hydrogen-bond acceptors (Lipinski definition) is 4. The Hall–Kier alpha value is -4.44. The summed E-state index contributed by atoms with van der Waals surface area (Å²) in [5.41, 5.74) is 5.94. The van der Waals surface area contributed by atoms with Gasteiger partial charge in [0.25, 0.3) is 0 Å². The van der Waals surface area contributed by atoms with Crippen molar-refractivity contribution in [3.63, 3.8) is 0 Å². The molecule has 0 saturated carbocycles. The summed E-state index contributed by atoms with van der Waals surface area (Å²) in [5, 5.41) is 6.41. The van der Waals surface area contributed by atoms with Crippen LogP contribution in [0.4, 0.5) is 25.4 Å². The average Bonchev–Trinajstić information content (AvgIpc) is 3.25. The van der Waals surface area contributed by atoms with Crippen LogP contribution in [0.5, 0.6) is 0 Å². The van der Waals surface area contributed by atoms with Crippen LogP contribution in [-0.2, 0) is 19.5 Å². The fourth-order valence-electron chi connectivity index (χ4n) is 9.44. The van der Waals surface area contributed by atoms with Gasteiger partial charge in [0.2, 0.25) is 0 Å². The summed E-state index contributed by atoms with van der Waals surface area (Å²) in [6.45, 7) is 16.1. The van der Waals surface area contributed by atoms with Crippen LogP contribution in [-0.4, -0.2) is 82.0 Å². The number of hydrogen-bond donors (Lipinski definition) is 2. The topological polar surface area (TPSA) is 71.2 Å². The molecule has 4 amide bonds. The van der Waals surface area contributed by atoms with E-state index in [1.165, 1.54) is 23.3 Å². The predicted octanol–water partition coefficient (Wildman–Crippen LogP) is 12.2. The van der Waals surface area contributed by atoms with E-state index >= 15 is 0 Å². The average molecular weight is 852 g/mol. The quantitative estimate of drug-likeness (QED) is 0.111. The number of benzene rings is 4. The molecule has 6 rings (SSSR count). The number of anilines is 2. The molecule has 0 aromatic heterocycles. The van der Waals surface area contributed by atoms with Crippen LogP contribution < -0.4 is 10.6 Å². The van der Waals surface area contributed by atoms with Gasteiger partial charge in [-0.05, 0) is 117 Å². The minimum absolute atomic E-state index is 0.0477. The Balaban J connectivity index is 1.08. The molecule has 8 nitrogen and oxygen atoms in total. The number of urea groups is 2. The molecule has 2 aliphatic rings. The van der Waals surface area contributed by atoms with Crippen molar-refractivity contribution < 1.29 is 14.0 Å². The number of carbonyl (C=O) groups is 2. The highest BCUT2D eigenvalue weighted by Crippen LogP contribution is 2.30. The highest BCUT2D eigenvalue weighted by atomic mass is 35.5. The van der Waals surface area contributed by atoms with Gasteiger partial charge < -0.3 is 30.2 Å². The third-order valence-corrected chi connectivity index (χ3v) is 13.2. The van der Waals surface area contributed by atoms with E-state index in [2.05, 4.69) is 104 Å². The second-order valence-electron chi connectivity index (χ2n) is 17.6. The summed E-state index contributed by atoms with van der Waals surface area (Å²) in [4.78, 5) is 37.0. The summed E-state index contributed by atoms with van der Waals surface area (Å²) in [5.74, 6) is -0.179. The molecule has 4 aromatic rings. The number of piperidine rings is 2. The molecule has 2 fully saturated rings. The summed E-state index contributed by atoms with van der Waals surface area (Å²) in [6, 6.07) is 32.2. The van der Waals surface area contributed by atoms with E-state index in [0.29, 0.717) is 36.8 Å². The molecule has 0 radical (unpaired) electrons. The lowest BCUT2D eigenvalue weighted by molar-refractivity contribution is 0.0972. The molecule has 10 heteroatoms. The van der Waals surface area contributed by atoms with E-state index in [0.717, 1.165) is 101 Å². The van der Waals surface area contributed by atoms with E-state index in [1.807, 2.05) is 40.1 Å². The van der Waals surface area contributed by atoms with Gasteiger partial charge in [0.1, 0.15) is 5.82 Å². The Bertz CT molecular complexity index is 1960. The third kappa shape index (κ3) is 13.3. The maximum Gasteiger partial charge on any atom is 0.322 e. The van der Waals surface area contributed by atoms with Crippen molar-refractivity contribution in [2.24, 2.45) is 0 Å². The molecule has 61 heavy (non-hydrogen) atoms. The molecular weight excluding hydrogens is 783 g/mol. The summed E-state index contributed by atoms with van der Waals surface area (Å²) in [7, 11) is 0. The Morgan fingerprint density at radius 3 is 1.84 bits per heavy atom. The number of halogens is 2. The number of nitrogens with zero attached hydrogens (tertiary/aromatic N) is 4. The highest BCUT2D eigenvalue weighted by Gasteiger charge is 2.32. The fraction of sp³-hybridized carbons (Fsp3) is 0.490. The smallest absolute Gasteiger partial charge is 0.317 e.